The van der Waals surface area contributed by atoms with Crippen LogP contribution in [-0.4, -0.2) is 38.4 Å². The standard InChI is InChI=1S/C12H21NO3/c1-3-7-13-11(12(14)16-4-2)10-5-8-15-9-6-10/h3,10-11,13H,1,4-9H2,2H3. The van der Waals surface area contributed by atoms with Gasteiger partial charge in [0.2, 0.25) is 0 Å². The first kappa shape index (κ1) is 13.2. The van der Waals surface area contributed by atoms with Crippen LogP contribution in [0.25, 0.3) is 0 Å². The van der Waals surface area contributed by atoms with Gasteiger partial charge in [-0.15, -0.1) is 6.58 Å². The minimum atomic E-state index is -0.221. The van der Waals surface area contributed by atoms with E-state index in [0.29, 0.717) is 19.1 Å². The summed E-state index contributed by atoms with van der Waals surface area (Å²) >= 11 is 0. The van der Waals surface area contributed by atoms with E-state index in [4.69, 9.17) is 9.47 Å². The molecule has 92 valence electrons. The number of ether oxygens (including phenoxy) is 2. The third kappa shape index (κ3) is 3.94. The molecular formula is C12H21NO3. The van der Waals surface area contributed by atoms with Gasteiger partial charge in [0.05, 0.1) is 6.61 Å². The number of carbonyl (C=O) groups excluding carboxylic acids is 1. The summed E-state index contributed by atoms with van der Waals surface area (Å²) in [5.41, 5.74) is 0. The molecule has 1 heterocycles. The quantitative estimate of drug-likeness (QED) is 0.545. The first-order valence-corrected chi connectivity index (χ1v) is 5.88. The highest BCUT2D eigenvalue weighted by Crippen LogP contribution is 2.19. The highest BCUT2D eigenvalue weighted by molar-refractivity contribution is 5.76. The number of rotatable bonds is 6. The second-order valence-corrected chi connectivity index (χ2v) is 3.88. The third-order valence-corrected chi connectivity index (χ3v) is 2.76. The molecule has 16 heavy (non-hydrogen) atoms. The minimum Gasteiger partial charge on any atom is -0.465 e. The van der Waals surface area contributed by atoms with E-state index in [9.17, 15) is 4.79 Å². The molecule has 1 aliphatic rings. The molecule has 1 fully saturated rings. The second kappa shape index (κ2) is 7.41. The Labute approximate surface area is 97.0 Å². The van der Waals surface area contributed by atoms with Crippen molar-refractivity contribution in [1.82, 2.24) is 5.32 Å². The number of carbonyl (C=O) groups is 1. The lowest BCUT2D eigenvalue weighted by Crippen LogP contribution is -2.45. The maximum absolute atomic E-state index is 11.8. The predicted octanol–water partition coefficient (Wildman–Crippen LogP) is 1.12. The lowest BCUT2D eigenvalue weighted by molar-refractivity contribution is -0.148. The summed E-state index contributed by atoms with van der Waals surface area (Å²) in [5.74, 6) is 0.156. The van der Waals surface area contributed by atoms with E-state index in [0.717, 1.165) is 26.1 Å². The van der Waals surface area contributed by atoms with Gasteiger partial charge in [-0.25, -0.2) is 0 Å². The predicted molar refractivity (Wildman–Crippen MR) is 62.2 cm³/mol. The largest absolute Gasteiger partial charge is 0.465 e. The topological polar surface area (TPSA) is 47.6 Å². The third-order valence-electron chi connectivity index (χ3n) is 2.76. The molecule has 1 aliphatic heterocycles. The molecule has 1 unspecified atom stereocenters. The molecule has 4 nitrogen and oxygen atoms in total. The Bertz CT molecular complexity index is 224. The van der Waals surface area contributed by atoms with Crippen molar-refractivity contribution < 1.29 is 14.3 Å². The zero-order valence-electron chi connectivity index (χ0n) is 9.91. The Morgan fingerprint density at radius 1 is 1.62 bits per heavy atom. The van der Waals surface area contributed by atoms with Gasteiger partial charge in [-0.1, -0.05) is 6.08 Å². The fraction of sp³-hybridized carbons (Fsp3) is 0.750. The van der Waals surface area contributed by atoms with Crippen LogP contribution < -0.4 is 5.32 Å². The highest BCUT2D eigenvalue weighted by Gasteiger charge is 2.30. The van der Waals surface area contributed by atoms with E-state index in [1.165, 1.54) is 0 Å². The van der Waals surface area contributed by atoms with Gasteiger partial charge in [0.25, 0.3) is 0 Å². The fourth-order valence-electron chi connectivity index (χ4n) is 1.93. The van der Waals surface area contributed by atoms with Crippen LogP contribution >= 0.6 is 0 Å². The fourth-order valence-corrected chi connectivity index (χ4v) is 1.93. The normalized spacial score (nSPS) is 19.1. The summed E-state index contributed by atoms with van der Waals surface area (Å²) in [4.78, 5) is 11.8. The molecule has 4 heteroatoms. The molecule has 0 aromatic carbocycles. The number of nitrogens with one attached hydrogen (secondary N) is 1. The Balaban J connectivity index is 2.53. The average molecular weight is 227 g/mol. The summed E-state index contributed by atoms with van der Waals surface area (Å²) in [6.45, 7) is 7.99. The van der Waals surface area contributed by atoms with Crippen LogP contribution in [0.15, 0.2) is 12.7 Å². The zero-order chi connectivity index (χ0) is 11.8. The van der Waals surface area contributed by atoms with E-state index >= 15 is 0 Å². The lowest BCUT2D eigenvalue weighted by Gasteiger charge is -2.29. The summed E-state index contributed by atoms with van der Waals surface area (Å²) in [6, 6.07) is -0.221. The summed E-state index contributed by atoms with van der Waals surface area (Å²) in [5, 5.41) is 3.18. The second-order valence-electron chi connectivity index (χ2n) is 3.88. The van der Waals surface area contributed by atoms with Crippen molar-refractivity contribution in [2.45, 2.75) is 25.8 Å². The lowest BCUT2D eigenvalue weighted by atomic mass is 9.91. The van der Waals surface area contributed by atoms with E-state index in [-0.39, 0.29) is 12.0 Å². The molecule has 0 aromatic heterocycles. The van der Waals surface area contributed by atoms with Crippen LogP contribution in [-0.2, 0) is 14.3 Å². The summed E-state index contributed by atoms with van der Waals surface area (Å²) in [6.07, 6.45) is 3.58. The monoisotopic (exact) mass is 227 g/mol. The van der Waals surface area contributed by atoms with Gasteiger partial charge in [0.15, 0.2) is 0 Å². The van der Waals surface area contributed by atoms with E-state index in [1.54, 1.807) is 6.08 Å². The van der Waals surface area contributed by atoms with Crippen LogP contribution in [0.3, 0.4) is 0 Å². The average Bonchev–Trinajstić information content (AvgIpc) is 2.31. The first-order chi connectivity index (χ1) is 7.79. The van der Waals surface area contributed by atoms with Crippen LogP contribution in [0.1, 0.15) is 19.8 Å². The number of hydrogen-bond donors (Lipinski definition) is 1. The van der Waals surface area contributed by atoms with Crippen molar-refractivity contribution in [1.29, 1.82) is 0 Å². The molecule has 0 aromatic rings. The highest BCUT2D eigenvalue weighted by atomic mass is 16.5. The van der Waals surface area contributed by atoms with Crippen LogP contribution in [0.2, 0.25) is 0 Å². The molecule has 1 saturated heterocycles. The van der Waals surface area contributed by atoms with Gasteiger partial charge in [-0.3, -0.25) is 4.79 Å². The number of hydrogen-bond acceptors (Lipinski definition) is 4. The van der Waals surface area contributed by atoms with Crippen LogP contribution in [0.5, 0.6) is 0 Å². The molecule has 1 rings (SSSR count). The van der Waals surface area contributed by atoms with Gasteiger partial charge >= 0.3 is 5.97 Å². The molecule has 0 aliphatic carbocycles. The van der Waals surface area contributed by atoms with Crippen molar-refractivity contribution in [2.75, 3.05) is 26.4 Å². The van der Waals surface area contributed by atoms with Crippen molar-refractivity contribution in [2.24, 2.45) is 5.92 Å². The Morgan fingerprint density at radius 2 is 2.31 bits per heavy atom. The Kier molecular flexibility index (Phi) is 6.11. The molecule has 0 spiro atoms. The van der Waals surface area contributed by atoms with Gasteiger partial charge in [-0.2, -0.15) is 0 Å². The Morgan fingerprint density at radius 3 is 2.88 bits per heavy atom. The molecule has 1 atom stereocenters. The van der Waals surface area contributed by atoms with Crippen molar-refractivity contribution in [3.63, 3.8) is 0 Å². The van der Waals surface area contributed by atoms with Crippen molar-refractivity contribution in [3.05, 3.63) is 12.7 Å². The van der Waals surface area contributed by atoms with E-state index < -0.39 is 0 Å². The SMILES string of the molecule is C=CCNC(C(=O)OCC)C1CCOCC1. The van der Waals surface area contributed by atoms with Crippen LogP contribution in [0.4, 0.5) is 0 Å². The zero-order valence-corrected chi connectivity index (χ0v) is 9.91. The molecule has 1 N–H and O–H groups in total. The smallest absolute Gasteiger partial charge is 0.323 e. The summed E-state index contributed by atoms with van der Waals surface area (Å²) < 4.78 is 10.4. The van der Waals surface area contributed by atoms with Gasteiger partial charge in [0.1, 0.15) is 6.04 Å². The van der Waals surface area contributed by atoms with Crippen molar-refractivity contribution in [3.8, 4) is 0 Å². The molecule has 0 saturated carbocycles. The van der Waals surface area contributed by atoms with E-state index in [2.05, 4.69) is 11.9 Å². The Hall–Kier alpha value is -0.870. The number of esters is 1. The van der Waals surface area contributed by atoms with Crippen molar-refractivity contribution >= 4 is 5.97 Å². The first-order valence-electron chi connectivity index (χ1n) is 5.88. The maximum Gasteiger partial charge on any atom is 0.323 e. The summed E-state index contributed by atoms with van der Waals surface area (Å²) in [7, 11) is 0. The minimum absolute atomic E-state index is 0.156. The van der Waals surface area contributed by atoms with E-state index in [1.807, 2.05) is 6.92 Å². The van der Waals surface area contributed by atoms with Gasteiger partial charge < -0.3 is 14.8 Å². The molecule has 0 radical (unpaired) electrons. The van der Waals surface area contributed by atoms with Gasteiger partial charge in [0, 0.05) is 19.8 Å². The maximum atomic E-state index is 11.8. The molecular weight excluding hydrogens is 206 g/mol. The van der Waals surface area contributed by atoms with Crippen LogP contribution in [0, 0.1) is 5.92 Å². The molecule has 0 amide bonds. The molecule has 0 bridgehead atoms. The van der Waals surface area contributed by atoms with Gasteiger partial charge in [-0.05, 0) is 25.7 Å².